The van der Waals surface area contributed by atoms with Crippen molar-refractivity contribution in [2.75, 3.05) is 6.54 Å². The second kappa shape index (κ2) is 1.70. The Labute approximate surface area is 58.8 Å². The van der Waals surface area contributed by atoms with Crippen LogP contribution >= 0.6 is 0 Å². The van der Waals surface area contributed by atoms with Crippen LogP contribution < -0.4 is 5.32 Å². The van der Waals surface area contributed by atoms with Crippen molar-refractivity contribution in [3.8, 4) is 0 Å². The highest BCUT2D eigenvalue weighted by Gasteiger charge is 2.70. The number of nitrogens with one attached hydrogen (secondary N) is 1. The van der Waals surface area contributed by atoms with Gasteiger partial charge in [0, 0.05) is 6.42 Å². The fraction of sp³-hybridized carbons (Fsp3) is 1.00. The third kappa shape index (κ3) is 0.698. The standard InChI is InChI=1S/C7H11F2N/c8-7(9)5-6(7)3-1-2-4-10-6/h10H,1-5H2. The van der Waals surface area contributed by atoms with Crippen LogP contribution in [0, 0.1) is 0 Å². The number of hydrogen-bond donors (Lipinski definition) is 1. The summed E-state index contributed by atoms with van der Waals surface area (Å²) in [5.74, 6) is -2.40. The van der Waals surface area contributed by atoms with Crippen molar-refractivity contribution in [2.24, 2.45) is 0 Å². The van der Waals surface area contributed by atoms with Gasteiger partial charge >= 0.3 is 0 Å². The van der Waals surface area contributed by atoms with Gasteiger partial charge in [-0.3, -0.25) is 0 Å². The summed E-state index contributed by atoms with van der Waals surface area (Å²) in [6.07, 6.45) is 2.75. The van der Waals surface area contributed by atoms with Crippen LogP contribution in [0.1, 0.15) is 25.7 Å². The zero-order valence-electron chi connectivity index (χ0n) is 5.79. The van der Waals surface area contributed by atoms with Gasteiger partial charge in [-0.05, 0) is 19.4 Å². The van der Waals surface area contributed by atoms with Crippen LogP contribution in [0.15, 0.2) is 0 Å². The first-order valence-electron chi connectivity index (χ1n) is 3.79. The molecule has 0 amide bonds. The Morgan fingerprint density at radius 1 is 1.20 bits per heavy atom. The zero-order valence-corrected chi connectivity index (χ0v) is 5.79. The van der Waals surface area contributed by atoms with Crippen LogP contribution in [0.25, 0.3) is 0 Å². The summed E-state index contributed by atoms with van der Waals surface area (Å²) in [6.45, 7) is 0.773. The molecule has 1 saturated carbocycles. The van der Waals surface area contributed by atoms with Gasteiger partial charge in [-0.1, -0.05) is 6.42 Å². The Hall–Kier alpha value is -0.180. The minimum absolute atomic E-state index is 0.0694. The average Bonchev–Trinajstić information content (AvgIpc) is 2.36. The van der Waals surface area contributed by atoms with Gasteiger partial charge < -0.3 is 5.32 Å². The highest BCUT2D eigenvalue weighted by molar-refractivity contribution is 5.18. The molecule has 0 aromatic heterocycles. The van der Waals surface area contributed by atoms with Gasteiger partial charge in [-0.15, -0.1) is 0 Å². The molecule has 1 unspecified atom stereocenters. The van der Waals surface area contributed by atoms with E-state index in [1.807, 2.05) is 0 Å². The summed E-state index contributed by atoms with van der Waals surface area (Å²) < 4.78 is 25.2. The molecule has 1 spiro atoms. The predicted molar refractivity (Wildman–Crippen MR) is 34.1 cm³/mol. The molecule has 2 aliphatic rings. The fourth-order valence-electron chi connectivity index (χ4n) is 1.77. The van der Waals surface area contributed by atoms with Crippen LogP contribution in [0.2, 0.25) is 0 Å². The van der Waals surface area contributed by atoms with Crippen molar-refractivity contribution in [1.29, 1.82) is 0 Å². The van der Waals surface area contributed by atoms with E-state index in [0.717, 1.165) is 19.4 Å². The topological polar surface area (TPSA) is 12.0 Å². The molecule has 0 bridgehead atoms. The molecule has 3 heteroatoms. The van der Waals surface area contributed by atoms with Crippen LogP contribution in [-0.4, -0.2) is 18.0 Å². The van der Waals surface area contributed by atoms with Gasteiger partial charge in [0.25, 0.3) is 5.92 Å². The smallest absolute Gasteiger partial charge is 0.268 e. The summed E-state index contributed by atoms with van der Waals surface area (Å²) >= 11 is 0. The lowest BCUT2D eigenvalue weighted by Gasteiger charge is -2.22. The van der Waals surface area contributed by atoms with E-state index in [0.29, 0.717) is 6.42 Å². The molecule has 0 aromatic rings. The number of rotatable bonds is 0. The Morgan fingerprint density at radius 2 is 1.90 bits per heavy atom. The first kappa shape index (κ1) is 6.53. The summed E-state index contributed by atoms with van der Waals surface area (Å²) in [5.41, 5.74) is -0.759. The van der Waals surface area contributed by atoms with Gasteiger partial charge in [-0.25, -0.2) is 8.78 Å². The van der Waals surface area contributed by atoms with Gasteiger partial charge in [0.15, 0.2) is 0 Å². The number of alkyl halides is 2. The van der Waals surface area contributed by atoms with Crippen molar-refractivity contribution >= 4 is 0 Å². The largest absolute Gasteiger partial charge is 0.306 e. The third-order valence-electron chi connectivity index (χ3n) is 2.59. The lowest BCUT2D eigenvalue weighted by atomic mass is 10.0. The van der Waals surface area contributed by atoms with Gasteiger partial charge in [0.1, 0.15) is 0 Å². The van der Waals surface area contributed by atoms with Crippen molar-refractivity contribution in [3.63, 3.8) is 0 Å². The van der Waals surface area contributed by atoms with Crippen molar-refractivity contribution in [1.82, 2.24) is 5.32 Å². The molecule has 1 N–H and O–H groups in total. The normalized spacial score (nSPS) is 43.8. The molecule has 58 valence electrons. The molecule has 2 rings (SSSR count). The lowest BCUT2D eigenvalue weighted by molar-refractivity contribution is 0.0700. The van der Waals surface area contributed by atoms with E-state index in [1.54, 1.807) is 0 Å². The number of hydrogen-bond acceptors (Lipinski definition) is 1. The van der Waals surface area contributed by atoms with Gasteiger partial charge in [0.05, 0.1) is 5.54 Å². The first-order chi connectivity index (χ1) is 4.66. The zero-order chi connectivity index (χ0) is 7.24. The summed E-state index contributed by atoms with van der Waals surface area (Å²) in [4.78, 5) is 0. The molecule has 1 saturated heterocycles. The van der Waals surface area contributed by atoms with Gasteiger partial charge in [0.2, 0.25) is 0 Å². The second-order valence-electron chi connectivity index (χ2n) is 3.35. The van der Waals surface area contributed by atoms with E-state index in [1.165, 1.54) is 0 Å². The minimum atomic E-state index is -2.40. The predicted octanol–water partition coefficient (Wildman–Crippen LogP) is 1.54. The molecule has 0 aromatic carbocycles. The number of halogens is 2. The molecular weight excluding hydrogens is 136 g/mol. The maximum atomic E-state index is 12.6. The Balaban J connectivity index is 2.05. The van der Waals surface area contributed by atoms with E-state index in [9.17, 15) is 8.78 Å². The van der Waals surface area contributed by atoms with Crippen molar-refractivity contribution < 1.29 is 8.78 Å². The van der Waals surface area contributed by atoms with E-state index in [-0.39, 0.29) is 6.42 Å². The van der Waals surface area contributed by atoms with E-state index >= 15 is 0 Å². The summed E-state index contributed by atoms with van der Waals surface area (Å²) in [7, 11) is 0. The second-order valence-corrected chi connectivity index (χ2v) is 3.35. The molecule has 10 heavy (non-hydrogen) atoms. The first-order valence-corrected chi connectivity index (χ1v) is 3.79. The summed E-state index contributed by atoms with van der Waals surface area (Å²) in [5, 5.41) is 2.91. The lowest BCUT2D eigenvalue weighted by Crippen LogP contribution is -2.40. The molecule has 1 nitrogen and oxygen atoms in total. The molecule has 1 aliphatic carbocycles. The van der Waals surface area contributed by atoms with E-state index in [4.69, 9.17) is 0 Å². The molecule has 1 heterocycles. The Bertz CT molecular complexity index is 150. The maximum Gasteiger partial charge on any atom is 0.268 e. The van der Waals surface area contributed by atoms with Crippen LogP contribution in [-0.2, 0) is 0 Å². The molecule has 0 radical (unpaired) electrons. The molecular formula is C7H11F2N. The van der Waals surface area contributed by atoms with Crippen LogP contribution in [0.5, 0.6) is 0 Å². The maximum absolute atomic E-state index is 12.6. The quantitative estimate of drug-likeness (QED) is 0.548. The van der Waals surface area contributed by atoms with E-state index in [2.05, 4.69) is 5.32 Å². The SMILES string of the molecule is FC1(F)CC12CCCCN2. The monoisotopic (exact) mass is 147 g/mol. The molecule has 1 atom stereocenters. The Kier molecular flexibility index (Phi) is 1.11. The van der Waals surface area contributed by atoms with E-state index < -0.39 is 11.5 Å². The summed E-state index contributed by atoms with van der Waals surface area (Å²) in [6, 6.07) is 0. The van der Waals surface area contributed by atoms with Crippen LogP contribution in [0.4, 0.5) is 8.78 Å². The molecule has 2 fully saturated rings. The Morgan fingerprint density at radius 3 is 2.20 bits per heavy atom. The average molecular weight is 147 g/mol. The molecule has 1 aliphatic heterocycles. The third-order valence-corrected chi connectivity index (χ3v) is 2.59. The number of piperidine rings is 1. The highest BCUT2D eigenvalue weighted by atomic mass is 19.3. The van der Waals surface area contributed by atoms with Gasteiger partial charge in [-0.2, -0.15) is 0 Å². The minimum Gasteiger partial charge on any atom is -0.306 e. The van der Waals surface area contributed by atoms with Crippen LogP contribution in [0.3, 0.4) is 0 Å². The highest BCUT2D eigenvalue weighted by Crippen LogP contribution is 2.56. The van der Waals surface area contributed by atoms with Crippen molar-refractivity contribution in [3.05, 3.63) is 0 Å². The van der Waals surface area contributed by atoms with Crippen molar-refractivity contribution in [2.45, 2.75) is 37.1 Å². The fourth-order valence-corrected chi connectivity index (χ4v) is 1.77.